The van der Waals surface area contributed by atoms with E-state index < -0.39 is 5.97 Å². The highest BCUT2D eigenvalue weighted by atomic mass is 32.1. The van der Waals surface area contributed by atoms with Gasteiger partial charge < -0.3 is 9.84 Å². The lowest BCUT2D eigenvalue weighted by Gasteiger charge is -2.10. The summed E-state index contributed by atoms with van der Waals surface area (Å²) in [5.74, 6) is -0.287. The first kappa shape index (κ1) is 12.6. The summed E-state index contributed by atoms with van der Waals surface area (Å²) in [6.07, 6.45) is 0. The van der Waals surface area contributed by atoms with Crippen LogP contribution >= 0.6 is 11.3 Å². The van der Waals surface area contributed by atoms with E-state index in [0.29, 0.717) is 5.69 Å². The number of rotatable bonds is 3. The van der Waals surface area contributed by atoms with Crippen molar-refractivity contribution >= 4 is 17.3 Å². The zero-order chi connectivity index (χ0) is 13.3. The van der Waals surface area contributed by atoms with Gasteiger partial charge >= 0.3 is 5.97 Å². The fraction of sp³-hybridized carbons (Fsp3) is 0.231. The molecule has 5 heteroatoms. The summed E-state index contributed by atoms with van der Waals surface area (Å²) in [6, 6.07) is 3.94. The van der Waals surface area contributed by atoms with Crippen LogP contribution in [0.4, 0.5) is 0 Å². The third kappa shape index (κ3) is 2.22. The molecule has 0 amide bonds. The Hall–Kier alpha value is -1.88. The third-order valence-electron chi connectivity index (χ3n) is 2.61. The molecule has 4 nitrogen and oxygen atoms in total. The maximum Gasteiger partial charge on any atom is 0.365 e. The van der Waals surface area contributed by atoms with Crippen LogP contribution in [-0.4, -0.2) is 23.2 Å². The van der Waals surface area contributed by atoms with E-state index in [2.05, 4.69) is 4.98 Å². The number of thiazole rings is 1. The van der Waals surface area contributed by atoms with Crippen LogP contribution in [0.5, 0.6) is 5.75 Å². The Morgan fingerprint density at radius 3 is 2.67 bits per heavy atom. The highest BCUT2D eigenvalue weighted by Gasteiger charge is 2.16. The third-order valence-corrected chi connectivity index (χ3v) is 3.44. The number of aryl methyl sites for hydroxylation is 2. The van der Waals surface area contributed by atoms with Crippen molar-refractivity contribution in [3.63, 3.8) is 0 Å². The van der Waals surface area contributed by atoms with Crippen molar-refractivity contribution in [2.45, 2.75) is 13.8 Å². The Labute approximate surface area is 109 Å². The van der Waals surface area contributed by atoms with Crippen molar-refractivity contribution in [1.82, 2.24) is 4.98 Å². The first-order valence-corrected chi connectivity index (χ1v) is 6.25. The van der Waals surface area contributed by atoms with Crippen molar-refractivity contribution in [1.29, 1.82) is 0 Å². The van der Waals surface area contributed by atoms with Crippen LogP contribution in [0.2, 0.25) is 0 Å². The number of hydrogen-bond acceptors (Lipinski definition) is 4. The summed E-state index contributed by atoms with van der Waals surface area (Å²) in [5, 5.41) is 10.7. The Balaban J connectivity index is 2.58. The van der Waals surface area contributed by atoms with Gasteiger partial charge in [0.05, 0.1) is 12.8 Å². The first-order chi connectivity index (χ1) is 8.52. The van der Waals surface area contributed by atoms with Crippen LogP contribution in [0.15, 0.2) is 17.5 Å². The molecule has 0 spiro atoms. The largest absolute Gasteiger partial charge is 0.496 e. The summed E-state index contributed by atoms with van der Waals surface area (Å²) in [4.78, 5) is 15.0. The molecular formula is C13H13NO3S. The number of methoxy groups -OCH3 is 1. The van der Waals surface area contributed by atoms with E-state index in [9.17, 15) is 4.79 Å². The highest BCUT2D eigenvalue weighted by Crippen LogP contribution is 2.34. The van der Waals surface area contributed by atoms with E-state index in [1.54, 1.807) is 12.5 Å². The molecule has 2 aromatic rings. The SMILES string of the molecule is COc1cc(C)cc(C)c1-c1csc(C(=O)O)n1. The summed E-state index contributed by atoms with van der Waals surface area (Å²) in [7, 11) is 1.60. The molecule has 18 heavy (non-hydrogen) atoms. The molecule has 94 valence electrons. The van der Waals surface area contributed by atoms with Crippen LogP contribution in [-0.2, 0) is 0 Å². The Morgan fingerprint density at radius 1 is 1.39 bits per heavy atom. The monoisotopic (exact) mass is 263 g/mol. The van der Waals surface area contributed by atoms with Crippen molar-refractivity contribution in [2.24, 2.45) is 0 Å². The average molecular weight is 263 g/mol. The number of carboxylic acid groups (broad SMARTS) is 1. The predicted molar refractivity (Wildman–Crippen MR) is 70.5 cm³/mol. The normalized spacial score (nSPS) is 10.4. The van der Waals surface area contributed by atoms with Gasteiger partial charge in [0.15, 0.2) is 0 Å². The number of aromatic carboxylic acids is 1. The van der Waals surface area contributed by atoms with Gasteiger partial charge in [-0.1, -0.05) is 6.07 Å². The van der Waals surface area contributed by atoms with Gasteiger partial charge in [0.25, 0.3) is 0 Å². The molecule has 0 aliphatic heterocycles. The van der Waals surface area contributed by atoms with Gasteiger partial charge in [-0.15, -0.1) is 11.3 Å². The van der Waals surface area contributed by atoms with Gasteiger partial charge in [0, 0.05) is 10.9 Å². The molecular weight excluding hydrogens is 250 g/mol. The zero-order valence-corrected chi connectivity index (χ0v) is 11.2. The minimum Gasteiger partial charge on any atom is -0.496 e. The minimum atomic E-state index is -1.00. The zero-order valence-electron chi connectivity index (χ0n) is 10.4. The topological polar surface area (TPSA) is 59.4 Å². The smallest absolute Gasteiger partial charge is 0.365 e. The van der Waals surface area contributed by atoms with E-state index >= 15 is 0 Å². The van der Waals surface area contributed by atoms with Crippen LogP contribution in [0.3, 0.4) is 0 Å². The second-order valence-corrected chi connectivity index (χ2v) is 4.86. The molecule has 2 rings (SSSR count). The first-order valence-electron chi connectivity index (χ1n) is 5.37. The van der Waals surface area contributed by atoms with Crippen LogP contribution in [0, 0.1) is 13.8 Å². The van der Waals surface area contributed by atoms with Crippen molar-refractivity contribution < 1.29 is 14.6 Å². The summed E-state index contributed by atoms with van der Waals surface area (Å²) < 4.78 is 5.35. The number of carbonyl (C=O) groups is 1. The fourth-order valence-electron chi connectivity index (χ4n) is 1.90. The number of carboxylic acids is 1. The lowest BCUT2D eigenvalue weighted by atomic mass is 10.0. The summed E-state index contributed by atoms with van der Waals surface area (Å²) in [5.41, 5.74) is 3.62. The fourth-order valence-corrected chi connectivity index (χ4v) is 2.55. The van der Waals surface area contributed by atoms with Gasteiger partial charge in [0.2, 0.25) is 5.01 Å². The van der Waals surface area contributed by atoms with Gasteiger partial charge in [-0.05, 0) is 31.0 Å². The van der Waals surface area contributed by atoms with Crippen LogP contribution < -0.4 is 4.74 Å². The van der Waals surface area contributed by atoms with Gasteiger partial charge in [-0.25, -0.2) is 9.78 Å². The minimum absolute atomic E-state index is 0.0898. The van der Waals surface area contributed by atoms with Crippen LogP contribution in [0.25, 0.3) is 11.3 Å². The van der Waals surface area contributed by atoms with Crippen LogP contribution in [0.1, 0.15) is 20.9 Å². The molecule has 1 aromatic heterocycles. The van der Waals surface area contributed by atoms with E-state index in [1.165, 1.54) is 0 Å². The van der Waals surface area contributed by atoms with E-state index in [-0.39, 0.29) is 5.01 Å². The maximum absolute atomic E-state index is 10.9. The highest BCUT2D eigenvalue weighted by molar-refractivity contribution is 7.11. The van der Waals surface area contributed by atoms with E-state index in [1.807, 2.05) is 26.0 Å². The molecule has 0 radical (unpaired) electrons. The van der Waals surface area contributed by atoms with E-state index in [4.69, 9.17) is 9.84 Å². The second kappa shape index (κ2) is 4.78. The van der Waals surface area contributed by atoms with Gasteiger partial charge in [0.1, 0.15) is 5.75 Å². The molecule has 0 saturated heterocycles. The molecule has 1 N–H and O–H groups in total. The number of nitrogens with zero attached hydrogens (tertiary/aromatic N) is 1. The second-order valence-electron chi connectivity index (χ2n) is 4.00. The number of ether oxygens (including phenoxy) is 1. The Kier molecular flexibility index (Phi) is 3.34. The molecule has 0 fully saturated rings. The molecule has 1 heterocycles. The summed E-state index contributed by atoms with van der Waals surface area (Å²) in [6.45, 7) is 3.95. The van der Waals surface area contributed by atoms with Crippen molar-refractivity contribution in [3.05, 3.63) is 33.6 Å². The molecule has 0 unspecified atom stereocenters. The Morgan fingerprint density at radius 2 is 2.11 bits per heavy atom. The molecule has 0 bridgehead atoms. The molecule has 0 aliphatic rings. The lowest BCUT2D eigenvalue weighted by molar-refractivity contribution is 0.0696. The molecule has 0 atom stereocenters. The number of hydrogen-bond donors (Lipinski definition) is 1. The average Bonchev–Trinajstić information content (AvgIpc) is 2.77. The van der Waals surface area contributed by atoms with Crippen molar-refractivity contribution in [3.8, 4) is 17.0 Å². The molecule has 0 aliphatic carbocycles. The Bertz CT molecular complexity index is 604. The van der Waals surface area contributed by atoms with Crippen molar-refractivity contribution in [2.75, 3.05) is 7.11 Å². The van der Waals surface area contributed by atoms with E-state index in [0.717, 1.165) is 33.8 Å². The quantitative estimate of drug-likeness (QED) is 0.924. The predicted octanol–water partition coefficient (Wildman–Crippen LogP) is 3.13. The molecule has 1 aromatic carbocycles. The standard InChI is InChI=1S/C13H13NO3S/c1-7-4-8(2)11(10(5-7)17-3)9-6-18-12(14-9)13(15)16/h4-6H,1-3H3,(H,15,16). The molecule has 0 saturated carbocycles. The summed E-state index contributed by atoms with van der Waals surface area (Å²) >= 11 is 1.12. The number of aromatic nitrogens is 1. The van der Waals surface area contributed by atoms with Gasteiger partial charge in [-0.2, -0.15) is 0 Å². The number of benzene rings is 1. The lowest BCUT2D eigenvalue weighted by Crippen LogP contribution is -1.96. The maximum atomic E-state index is 10.9. The van der Waals surface area contributed by atoms with Gasteiger partial charge in [-0.3, -0.25) is 0 Å².